The van der Waals surface area contributed by atoms with E-state index in [0.717, 1.165) is 37.7 Å². The van der Waals surface area contributed by atoms with Gasteiger partial charge in [-0.1, -0.05) is 37.3 Å². The maximum Gasteiger partial charge on any atom is 0.330 e. The van der Waals surface area contributed by atoms with Crippen LogP contribution in [0.15, 0.2) is 48.7 Å². The van der Waals surface area contributed by atoms with Crippen molar-refractivity contribution in [3.05, 3.63) is 59.8 Å². The maximum absolute atomic E-state index is 12.4. The van der Waals surface area contributed by atoms with Gasteiger partial charge in [0, 0.05) is 19.3 Å². The van der Waals surface area contributed by atoms with Crippen LogP contribution in [0.1, 0.15) is 41.7 Å². The molecule has 6 nitrogen and oxygen atoms in total. The number of amides is 1. The molecule has 6 heteroatoms. The Labute approximate surface area is 152 Å². The number of hydrogen-bond acceptors (Lipinski definition) is 4. The number of nitrogens with one attached hydrogen (secondary N) is 1. The molecule has 0 unspecified atom stereocenters. The molecule has 0 aliphatic carbocycles. The molecular weight excluding hydrogens is 330 g/mol. The van der Waals surface area contributed by atoms with Crippen LogP contribution in [-0.4, -0.2) is 35.1 Å². The van der Waals surface area contributed by atoms with Crippen LogP contribution >= 0.6 is 0 Å². The molecular formula is C20H23N3O3. The third-order valence-electron chi connectivity index (χ3n) is 4.77. The summed E-state index contributed by atoms with van der Waals surface area (Å²) in [4.78, 5) is 30.6. The van der Waals surface area contributed by atoms with E-state index in [2.05, 4.69) is 22.1 Å². The van der Waals surface area contributed by atoms with Gasteiger partial charge in [0.1, 0.15) is 5.82 Å². The van der Waals surface area contributed by atoms with Gasteiger partial charge in [-0.15, -0.1) is 0 Å². The van der Waals surface area contributed by atoms with Gasteiger partial charge >= 0.3 is 5.97 Å². The summed E-state index contributed by atoms with van der Waals surface area (Å²) in [6, 6.07) is 11.1. The Bertz CT molecular complexity index is 754. The molecule has 1 saturated heterocycles. The zero-order valence-electron chi connectivity index (χ0n) is 14.8. The van der Waals surface area contributed by atoms with Crippen LogP contribution in [0.25, 0.3) is 0 Å². The number of rotatable bonds is 5. The third-order valence-corrected chi connectivity index (χ3v) is 4.77. The van der Waals surface area contributed by atoms with Crippen molar-refractivity contribution in [3.8, 4) is 0 Å². The van der Waals surface area contributed by atoms with E-state index in [1.54, 1.807) is 36.4 Å². The molecule has 2 N–H and O–H groups in total. The Morgan fingerprint density at radius 1 is 1.15 bits per heavy atom. The second-order valence-corrected chi connectivity index (χ2v) is 6.73. The summed E-state index contributed by atoms with van der Waals surface area (Å²) in [5.74, 6) is 0.0395. The molecule has 26 heavy (non-hydrogen) atoms. The summed E-state index contributed by atoms with van der Waals surface area (Å²) in [6.07, 6.45) is 3.79. The molecule has 2 heterocycles. The minimum absolute atomic E-state index is 0.348. The quantitative estimate of drug-likeness (QED) is 0.864. The Hall–Kier alpha value is -2.89. The van der Waals surface area contributed by atoms with Crippen LogP contribution in [0, 0.1) is 5.92 Å². The Kier molecular flexibility index (Phi) is 5.51. The van der Waals surface area contributed by atoms with Gasteiger partial charge in [-0.05, 0) is 36.5 Å². The van der Waals surface area contributed by atoms with Crippen molar-refractivity contribution >= 4 is 17.7 Å². The van der Waals surface area contributed by atoms with Gasteiger partial charge in [-0.2, -0.15) is 0 Å². The predicted octanol–water partition coefficient (Wildman–Crippen LogP) is 2.87. The van der Waals surface area contributed by atoms with Crippen molar-refractivity contribution in [2.75, 3.05) is 18.0 Å². The summed E-state index contributed by atoms with van der Waals surface area (Å²) in [5, 5.41) is 12.0. The van der Waals surface area contributed by atoms with E-state index < -0.39 is 17.9 Å². The van der Waals surface area contributed by atoms with E-state index in [1.807, 2.05) is 6.07 Å². The van der Waals surface area contributed by atoms with E-state index in [0.29, 0.717) is 11.1 Å². The van der Waals surface area contributed by atoms with Crippen LogP contribution in [0.5, 0.6) is 0 Å². The largest absolute Gasteiger partial charge is 0.479 e. The molecule has 1 amide bonds. The fourth-order valence-corrected chi connectivity index (χ4v) is 3.09. The normalized spacial score (nSPS) is 16.1. The summed E-state index contributed by atoms with van der Waals surface area (Å²) in [6.45, 7) is 4.19. The number of carboxylic acid groups (broad SMARTS) is 1. The zero-order chi connectivity index (χ0) is 18.5. The highest BCUT2D eigenvalue weighted by Gasteiger charge is 2.23. The number of piperidine rings is 1. The van der Waals surface area contributed by atoms with Gasteiger partial charge in [-0.3, -0.25) is 4.79 Å². The number of hydrogen-bond donors (Lipinski definition) is 2. The predicted molar refractivity (Wildman–Crippen MR) is 99.1 cm³/mol. The van der Waals surface area contributed by atoms with E-state index in [4.69, 9.17) is 0 Å². The molecule has 0 radical (unpaired) electrons. The second-order valence-electron chi connectivity index (χ2n) is 6.73. The van der Waals surface area contributed by atoms with E-state index in [-0.39, 0.29) is 0 Å². The fraction of sp³-hybridized carbons (Fsp3) is 0.350. The molecule has 1 atom stereocenters. The first kappa shape index (κ1) is 17.9. The van der Waals surface area contributed by atoms with Crippen LogP contribution in [0.4, 0.5) is 5.82 Å². The highest BCUT2D eigenvalue weighted by molar-refractivity contribution is 5.96. The molecule has 0 bridgehead atoms. The summed E-state index contributed by atoms with van der Waals surface area (Å²) >= 11 is 0. The van der Waals surface area contributed by atoms with E-state index in [9.17, 15) is 14.7 Å². The number of carboxylic acids is 1. The third kappa shape index (κ3) is 4.20. The summed E-state index contributed by atoms with van der Waals surface area (Å²) in [7, 11) is 0. The smallest absolute Gasteiger partial charge is 0.330 e. The Morgan fingerprint density at radius 2 is 1.85 bits per heavy atom. The van der Waals surface area contributed by atoms with Crippen LogP contribution in [0.3, 0.4) is 0 Å². The second kappa shape index (κ2) is 7.99. The first-order chi connectivity index (χ1) is 12.5. The van der Waals surface area contributed by atoms with E-state index >= 15 is 0 Å². The molecule has 1 aromatic heterocycles. The lowest BCUT2D eigenvalue weighted by atomic mass is 9.99. The SMILES string of the molecule is CC1CCN(c2ccc(C(=O)N[C@@H](C(=O)O)c3ccccc3)cn2)CC1. The first-order valence-electron chi connectivity index (χ1n) is 8.84. The number of anilines is 1. The highest BCUT2D eigenvalue weighted by Crippen LogP contribution is 2.21. The average Bonchev–Trinajstić information content (AvgIpc) is 2.67. The number of carbonyl (C=O) groups is 2. The van der Waals surface area contributed by atoms with Gasteiger partial charge in [0.2, 0.25) is 0 Å². The molecule has 1 aromatic carbocycles. The number of aliphatic carboxylic acids is 1. The van der Waals surface area contributed by atoms with Gasteiger partial charge in [-0.25, -0.2) is 9.78 Å². The Balaban J connectivity index is 1.68. The zero-order valence-corrected chi connectivity index (χ0v) is 14.8. The first-order valence-corrected chi connectivity index (χ1v) is 8.84. The number of aromatic nitrogens is 1. The average molecular weight is 353 g/mol. The minimum atomic E-state index is -1.10. The number of pyridine rings is 1. The van der Waals surface area contributed by atoms with Crippen LogP contribution < -0.4 is 10.2 Å². The van der Waals surface area contributed by atoms with Crippen LogP contribution in [-0.2, 0) is 4.79 Å². The molecule has 136 valence electrons. The molecule has 0 spiro atoms. The lowest BCUT2D eigenvalue weighted by molar-refractivity contribution is -0.139. The molecule has 3 rings (SSSR count). The molecule has 1 aliphatic heterocycles. The van der Waals surface area contributed by atoms with Crippen molar-refractivity contribution in [2.24, 2.45) is 5.92 Å². The molecule has 0 saturated carbocycles. The van der Waals surface area contributed by atoms with Crippen molar-refractivity contribution in [1.82, 2.24) is 10.3 Å². The number of benzene rings is 1. The van der Waals surface area contributed by atoms with Gasteiger partial charge in [0.15, 0.2) is 6.04 Å². The minimum Gasteiger partial charge on any atom is -0.479 e. The van der Waals surface area contributed by atoms with Crippen molar-refractivity contribution in [2.45, 2.75) is 25.8 Å². The monoisotopic (exact) mass is 353 g/mol. The number of carbonyl (C=O) groups excluding carboxylic acids is 1. The van der Waals surface area contributed by atoms with Gasteiger partial charge in [0.05, 0.1) is 5.56 Å². The topological polar surface area (TPSA) is 82.5 Å². The van der Waals surface area contributed by atoms with Crippen molar-refractivity contribution in [3.63, 3.8) is 0 Å². The Morgan fingerprint density at radius 3 is 2.42 bits per heavy atom. The summed E-state index contributed by atoms with van der Waals surface area (Å²) < 4.78 is 0. The lowest BCUT2D eigenvalue weighted by Crippen LogP contribution is -2.34. The lowest BCUT2D eigenvalue weighted by Gasteiger charge is -2.31. The molecule has 2 aromatic rings. The van der Waals surface area contributed by atoms with Crippen molar-refractivity contribution in [1.29, 1.82) is 0 Å². The standard InChI is InChI=1S/C20H23N3O3/c1-14-9-11-23(12-10-14)17-8-7-16(13-21-17)19(24)22-18(20(25)26)15-5-3-2-4-6-15/h2-8,13-14,18H,9-12H2,1H3,(H,22,24)(H,25,26)/t18-/m1/s1. The maximum atomic E-state index is 12.4. The molecule has 1 fully saturated rings. The highest BCUT2D eigenvalue weighted by atomic mass is 16.4. The van der Waals surface area contributed by atoms with Crippen LogP contribution in [0.2, 0.25) is 0 Å². The number of nitrogens with zero attached hydrogens (tertiary/aromatic N) is 2. The van der Waals surface area contributed by atoms with E-state index in [1.165, 1.54) is 6.20 Å². The van der Waals surface area contributed by atoms with Gasteiger partial charge < -0.3 is 15.3 Å². The van der Waals surface area contributed by atoms with Crippen molar-refractivity contribution < 1.29 is 14.7 Å². The summed E-state index contributed by atoms with van der Waals surface area (Å²) in [5.41, 5.74) is 0.877. The van der Waals surface area contributed by atoms with Gasteiger partial charge in [0.25, 0.3) is 5.91 Å². The fourth-order valence-electron chi connectivity index (χ4n) is 3.09. The molecule has 1 aliphatic rings.